The van der Waals surface area contributed by atoms with Crippen molar-refractivity contribution in [3.63, 3.8) is 0 Å². The van der Waals surface area contributed by atoms with Gasteiger partial charge in [-0.1, -0.05) is 0 Å². The predicted octanol–water partition coefficient (Wildman–Crippen LogP) is 0.654. The van der Waals surface area contributed by atoms with Gasteiger partial charge in [-0.15, -0.1) is 0 Å². The van der Waals surface area contributed by atoms with Crippen molar-refractivity contribution in [1.29, 1.82) is 0 Å². The Morgan fingerprint density at radius 3 is 3.09 bits per heavy atom. The van der Waals surface area contributed by atoms with Gasteiger partial charge in [-0.25, -0.2) is 0 Å². The highest BCUT2D eigenvalue weighted by atomic mass is 127. The standard InChI is InChI=1S/C7H12IN3/c1-5-3-11-7(4-10-5)6(8)2-9/h2,5,10H,3-4,9H2,1H3. The molecule has 0 saturated carbocycles. The van der Waals surface area contributed by atoms with Crippen LogP contribution >= 0.6 is 22.6 Å². The molecule has 0 aromatic rings. The first-order chi connectivity index (χ1) is 5.24. The molecule has 1 aliphatic heterocycles. The van der Waals surface area contributed by atoms with E-state index in [1.165, 1.54) is 0 Å². The third-order valence-corrected chi connectivity index (χ3v) is 2.58. The van der Waals surface area contributed by atoms with Crippen molar-refractivity contribution in [3.05, 3.63) is 9.78 Å². The highest BCUT2D eigenvalue weighted by Gasteiger charge is 2.11. The molecule has 0 radical (unpaired) electrons. The van der Waals surface area contributed by atoms with Gasteiger partial charge < -0.3 is 11.1 Å². The van der Waals surface area contributed by atoms with E-state index in [1.807, 2.05) is 0 Å². The van der Waals surface area contributed by atoms with E-state index >= 15 is 0 Å². The Hall–Kier alpha value is -0.100. The average Bonchev–Trinajstić information content (AvgIpc) is 2.05. The molecule has 0 saturated heterocycles. The minimum absolute atomic E-state index is 0.501. The number of nitrogens with two attached hydrogens (primary N) is 1. The van der Waals surface area contributed by atoms with Crippen molar-refractivity contribution in [1.82, 2.24) is 5.32 Å². The zero-order valence-electron chi connectivity index (χ0n) is 6.47. The number of nitrogens with zero attached hydrogens (tertiary/aromatic N) is 1. The fourth-order valence-corrected chi connectivity index (χ4v) is 1.26. The summed E-state index contributed by atoms with van der Waals surface area (Å²) in [6.07, 6.45) is 1.59. The molecule has 1 atom stereocenters. The van der Waals surface area contributed by atoms with Crippen LogP contribution in [0, 0.1) is 0 Å². The average molecular weight is 265 g/mol. The van der Waals surface area contributed by atoms with Crippen molar-refractivity contribution in [2.24, 2.45) is 10.7 Å². The molecule has 0 bridgehead atoms. The van der Waals surface area contributed by atoms with Gasteiger partial charge in [0, 0.05) is 18.8 Å². The molecule has 1 heterocycles. The molecule has 62 valence electrons. The summed E-state index contributed by atoms with van der Waals surface area (Å²) in [6, 6.07) is 0.501. The molecular weight excluding hydrogens is 253 g/mol. The molecule has 3 N–H and O–H groups in total. The van der Waals surface area contributed by atoms with Gasteiger partial charge in [-0.2, -0.15) is 0 Å². The van der Waals surface area contributed by atoms with Crippen LogP contribution in [0.5, 0.6) is 0 Å². The van der Waals surface area contributed by atoms with Crippen LogP contribution in [0.4, 0.5) is 0 Å². The highest BCUT2D eigenvalue weighted by Crippen LogP contribution is 2.09. The Morgan fingerprint density at radius 1 is 1.91 bits per heavy atom. The lowest BCUT2D eigenvalue weighted by molar-refractivity contribution is 0.581. The van der Waals surface area contributed by atoms with Gasteiger partial charge in [0.15, 0.2) is 0 Å². The molecule has 3 nitrogen and oxygen atoms in total. The lowest BCUT2D eigenvalue weighted by Crippen LogP contribution is -2.38. The second kappa shape index (κ2) is 4.06. The number of halogens is 1. The second-order valence-electron chi connectivity index (χ2n) is 2.58. The molecule has 1 unspecified atom stereocenters. The van der Waals surface area contributed by atoms with E-state index in [4.69, 9.17) is 5.73 Å². The van der Waals surface area contributed by atoms with Gasteiger partial charge in [0.25, 0.3) is 0 Å². The summed E-state index contributed by atoms with van der Waals surface area (Å²) in [5.41, 5.74) is 6.43. The van der Waals surface area contributed by atoms with E-state index in [0.717, 1.165) is 22.4 Å². The van der Waals surface area contributed by atoms with Crippen molar-refractivity contribution in [2.75, 3.05) is 13.1 Å². The summed E-state index contributed by atoms with van der Waals surface area (Å²) in [6.45, 7) is 3.82. The third kappa shape index (κ3) is 2.44. The van der Waals surface area contributed by atoms with E-state index in [0.29, 0.717) is 6.04 Å². The third-order valence-electron chi connectivity index (χ3n) is 1.60. The summed E-state index contributed by atoms with van der Waals surface area (Å²) in [4.78, 5) is 4.38. The maximum Gasteiger partial charge on any atom is 0.0634 e. The molecule has 0 spiro atoms. The van der Waals surface area contributed by atoms with E-state index in [1.54, 1.807) is 6.20 Å². The maximum absolute atomic E-state index is 5.36. The summed E-state index contributed by atoms with van der Waals surface area (Å²) in [7, 11) is 0. The van der Waals surface area contributed by atoms with Crippen molar-refractivity contribution in [3.8, 4) is 0 Å². The molecule has 1 aliphatic rings. The summed E-state index contributed by atoms with van der Waals surface area (Å²) in [5.74, 6) is 0. The van der Waals surface area contributed by atoms with Crippen molar-refractivity contribution < 1.29 is 0 Å². The zero-order chi connectivity index (χ0) is 8.27. The highest BCUT2D eigenvalue weighted by molar-refractivity contribution is 14.1. The molecule has 0 fully saturated rings. The number of rotatable bonds is 1. The molecule has 11 heavy (non-hydrogen) atoms. The van der Waals surface area contributed by atoms with Crippen LogP contribution in [0.3, 0.4) is 0 Å². The molecule has 0 aromatic heterocycles. The predicted molar refractivity (Wildman–Crippen MR) is 56.1 cm³/mol. The molecule has 0 aromatic carbocycles. The quantitative estimate of drug-likeness (QED) is 0.684. The van der Waals surface area contributed by atoms with Gasteiger partial charge in [-0.3, -0.25) is 4.99 Å². The number of hydrogen-bond acceptors (Lipinski definition) is 3. The number of aliphatic imine (C=N–C) groups is 1. The fraction of sp³-hybridized carbons (Fsp3) is 0.571. The van der Waals surface area contributed by atoms with E-state index in [2.05, 4.69) is 39.8 Å². The Kier molecular flexibility index (Phi) is 3.32. The van der Waals surface area contributed by atoms with E-state index < -0.39 is 0 Å². The summed E-state index contributed by atoms with van der Waals surface area (Å²) >= 11 is 2.20. The van der Waals surface area contributed by atoms with Gasteiger partial charge in [-0.05, 0) is 29.5 Å². The Bertz CT molecular complexity index is 198. The van der Waals surface area contributed by atoms with Gasteiger partial charge in [0.1, 0.15) is 0 Å². The molecular formula is C7H12IN3. The minimum atomic E-state index is 0.501. The smallest absolute Gasteiger partial charge is 0.0634 e. The normalized spacial score (nSPS) is 26.5. The van der Waals surface area contributed by atoms with Crippen molar-refractivity contribution >= 4 is 28.3 Å². The first-order valence-corrected chi connectivity index (χ1v) is 4.66. The monoisotopic (exact) mass is 265 g/mol. The van der Waals surface area contributed by atoms with Gasteiger partial charge in [0.2, 0.25) is 0 Å². The topological polar surface area (TPSA) is 50.4 Å². The maximum atomic E-state index is 5.36. The van der Waals surface area contributed by atoms with E-state index in [9.17, 15) is 0 Å². The first-order valence-electron chi connectivity index (χ1n) is 3.58. The van der Waals surface area contributed by atoms with Crippen LogP contribution in [0.25, 0.3) is 0 Å². The van der Waals surface area contributed by atoms with Gasteiger partial charge >= 0.3 is 0 Å². The summed E-state index contributed by atoms with van der Waals surface area (Å²) in [5, 5.41) is 3.32. The number of hydrogen-bond donors (Lipinski definition) is 2. The SMILES string of the molecule is CC1CN=C(C(I)=CN)CN1. The van der Waals surface area contributed by atoms with Crippen molar-refractivity contribution in [2.45, 2.75) is 13.0 Å². The van der Waals surface area contributed by atoms with Crippen LogP contribution in [-0.2, 0) is 0 Å². The zero-order valence-corrected chi connectivity index (χ0v) is 8.63. The van der Waals surface area contributed by atoms with Crippen LogP contribution in [-0.4, -0.2) is 24.8 Å². The molecule has 1 rings (SSSR count). The Morgan fingerprint density at radius 2 is 2.64 bits per heavy atom. The number of nitrogens with one attached hydrogen (secondary N) is 1. The Balaban J connectivity index is 2.61. The lowest BCUT2D eigenvalue weighted by Gasteiger charge is -2.18. The van der Waals surface area contributed by atoms with Gasteiger partial charge in [0.05, 0.1) is 15.8 Å². The largest absolute Gasteiger partial charge is 0.404 e. The molecule has 0 aliphatic carbocycles. The minimum Gasteiger partial charge on any atom is -0.404 e. The lowest BCUT2D eigenvalue weighted by atomic mass is 10.2. The van der Waals surface area contributed by atoms with Crippen LogP contribution in [0.15, 0.2) is 14.8 Å². The van der Waals surface area contributed by atoms with Crippen LogP contribution in [0.1, 0.15) is 6.92 Å². The van der Waals surface area contributed by atoms with Crippen LogP contribution < -0.4 is 11.1 Å². The first kappa shape index (κ1) is 8.99. The Labute approximate surface area is 80.3 Å². The van der Waals surface area contributed by atoms with E-state index in [-0.39, 0.29) is 0 Å². The second-order valence-corrected chi connectivity index (χ2v) is 3.75. The molecule has 4 heteroatoms. The fourth-order valence-electron chi connectivity index (χ4n) is 0.895. The molecule has 0 amide bonds. The summed E-state index contributed by atoms with van der Waals surface area (Å²) < 4.78 is 1.04. The van der Waals surface area contributed by atoms with Crippen LogP contribution in [0.2, 0.25) is 0 Å².